The molecule has 1 N–H and O–H groups in total. The van der Waals surface area contributed by atoms with Gasteiger partial charge < -0.3 is 14.4 Å². The number of nitrogens with one attached hydrogen (secondary N) is 1. The first-order valence-corrected chi connectivity index (χ1v) is 10.1. The van der Waals surface area contributed by atoms with Crippen molar-refractivity contribution in [1.29, 1.82) is 0 Å². The fraction of sp³-hybridized carbons (Fsp3) is 0.316. The minimum Gasteiger partial charge on any atom is -0.497 e. The molecule has 2 aromatic rings. The number of carbonyl (C=O) groups excluding carboxylic acids is 1. The van der Waals surface area contributed by atoms with Crippen molar-refractivity contribution >= 4 is 21.6 Å². The summed E-state index contributed by atoms with van der Waals surface area (Å²) in [5.41, 5.74) is 0.944. The Bertz CT molecular complexity index is 1010. The maximum absolute atomic E-state index is 13.5. The lowest BCUT2D eigenvalue weighted by atomic mass is 10.2. The van der Waals surface area contributed by atoms with Crippen LogP contribution in [-0.4, -0.2) is 41.1 Å². The van der Waals surface area contributed by atoms with Gasteiger partial charge in [-0.15, -0.1) is 0 Å². The molecule has 0 unspecified atom stereocenters. The molecule has 1 aliphatic rings. The second-order valence-electron chi connectivity index (χ2n) is 6.40. The molecule has 1 heterocycles. The van der Waals surface area contributed by atoms with E-state index in [9.17, 15) is 17.6 Å². The molecule has 9 heteroatoms. The van der Waals surface area contributed by atoms with Crippen LogP contribution in [0.5, 0.6) is 11.5 Å². The highest BCUT2D eigenvalue weighted by molar-refractivity contribution is 7.89. The number of hydrogen-bond acceptors (Lipinski definition) is 5. The molecule has 0 aromatic heterocycles. The molecular formula is C19H21FN2O5S. The molecule has 3 rings (SSSR count). The molecule has 1 aliphatic heterocycles. The molecule has 0 aliphatic carbocycles. The van der Waals surface area contributed by atoms with E-state index in [-0.39, 0.29) is 16.5 Å². The van der Waals surface area contributed by atoms with Gasteiger partial charge in [0.2, 0.25) is 15.9 Å². The lowest BCUT2D eigenvalue weighted by molar-refractivity contribution is -0.118. The van der Waals surface area contributed by atoms with Crippen LogP contribution in [0.2, 0.25) is 0 Å². The van der Waals surface area contributed by atoms with Gasteiger partial charge in [-0.05, 0) is 49.2 Å². The third kappa shape index (κ3) is 3.81. The van der Waals surface area contributed by atoms with E-state index in [0.29, 0.717) is 30.0 Å². The molecule has 0 radical (unpaired) electrons. The van der Waals surface area contributed by atoms with E-state index in [1.807, 2.05) is 0 Å². The van der Waals surface area contributed by atoms with Gasteiger partial charge in [-0.1, -0.05) is 0 Å². The van der Waals surface area contributed by atoms with Crippen molar-refractivity contribution in [2.75, 3.05) is 25.7 Å². The van der Waals surface area contributed by atoms with Gasteiger partial charge in [0.1, 0.15) is 28.3 Å². The number of ether oxygens (including phenoxy) is 2. The Morgan fingerprint density at radius 3 is 2.54 bits per heavy atom. The van der Waals surface area contributed by atoms with Gasteiger partial charge in [0, 0.05) is 18.3 Å². The van der Waals surface area contributed by atoms with E-state index >= 15 is 0 Å². The number of benzene rings is 2. The topological polar surface area (TPSA) is 84.9 Å². The number of carbonyl (C=O) groups is 1. The third-order valence-corrected chi connectivity index (χ3v) is 6.11. The third-order valence-electron chi connectivity index (χ3n) is 4.62. The van der Waals surface area contributed by atoms with Crippen LogP contribution in [0.25, 0.3) is 0 Å². The van der Waals surface area contributed by atoms with Gasteiger partial charge in [0.15, 0.2) is 0 Å². The largest absolute Gasteiger partial charge is 0.497 e. The molecule has 7 nitrogen and oxygen atoms in total. The zero-order valence-electron chi connectivity index (χ0n) is 15.7. The van der Waals surface area contributed by atoms with Crippen LogP contribution in [0.3, 0.4) is 0 Å². The summed E-state index contributed by atoms with van der Waals surface area (Å²) in [5.74, 6) is -0.263. The fourth-order valence-corrected chi connectivity index (χ4v) is 4.49. The molecular weight excluding hydrogens is 387 g/mol. The van der Waals surface area contributed by atoms with Crippen LogP contribution < -0.4 is 19.1 Å². The summed E-state index contributed by atoms with van der Waals surface area (Å²) >= 11 is 0. The van der Waals surface area contributed by atoms with Crippen LogP contribution in [0.15, 0.2) is 41.3 Å². The number of nitrogens with zero attached hydrogens (tertiary/aromatic N) is 1. The first-order chi connectivity index (χ1) is 13.3. The monoisotopic (exact) mass is 408 g/mol. The Labute approximate surface area is 163 Å². The highest BCUT2D eigenvalue weighted by Crippen LogP contribution is 2.30. The number of rotatable bonds is 6. The normalized spacial score (nSPS) is 17.1. The van der Waals surface area contributed by atoms with Crippen molar-refractivity contribution in [1.82, 2.24) is 4.72 Å². The predicted molar refractivity (Wildman–Crippen MR) is 102 cm³/mol. The lowest BCUT2D eigenvalue weighted by Crippen LogP contribution is -2.41. The maximum atomic E-state index is 13.5. The van der Waals surface area contributed by atoms with E-state index in [1.165, 1.54) is 43.4 Å². The van der Waals surface area contributed by atoms with Crippen LogP contribution in [0.4, 0.5) is 10.1 Å². The number of methoxy groups -OCH3 is 2. The molecule has 2 aromatic carbocycles. The van der Waals surface area contributed by atoms with Gasteiger partial charge in [-0.2, -0.15) is 4.72 Å². The van der Waals surface area contributed by atoms with Crippen LogP contribution in [0.1, 0.15) is 12.0 Å². The highest BCUT2D eigenvalue weighted by Gasteiger charge is 2.36. The lowest BCUT2D eigenvalue weighted by Gasteiger charge is -2.18. The van der Waals surface area contributed by atoms with Gasteiger partial charge in [-0.25, -0.2) is 12.8 Å². The zero-order valence-corrected chi connectivity index (χ0v) is 16.5. The van der Waals surface area contributed by atoms with E-state index in [0.717, 1.165) is 0 Å². The molecule has 1 saturated heterocycles. The highest BCUT2D eigenvalue weighted by atomic mass is 32.2. The summed E-state index contributed by atoms with van der Waals surface area (Å²) in [6.45, 7) is 1.93. The predicted octanol–water partition coefficient (Wildman–Crippen LogP) is 2.24. The number of hydrogen-bond donors (Lipinski definition) is 1. The molecule has 1 atom stereocenters. The molecule has 150 valence electrons. The van der Waals surface area contributed by atoms with E-state index in [2.05, 4.69) is 4.72 Å². The number of halogens is 1. The van der Waals surface area contributed by atoms with Crippen molar-refractivity contribution in [2.24, 2.45) is 0 Å². The Hall–Kier alpha value is -2.65. The summed E-state index contributed by atoms with van der Waals surface area (Å²) in [6, 6.07) is 7.83. The average molecular weight is 408 g/mol. The van der Waals surface area contributed by atoms with E-state index in [1.54, 1.807) is 19.1 Å². The first-order valence-electron chi connectivity index (χ1n) is 8.58. The summed E-state index contributed by atoms with van der Waals surface area (Å²) in [4.78, 5) is 14.1. The Balaban J connectivity index is 1.84. The van der Waals surface area contributed by atoms with Crippen molar-refractivity contribution in [2.45, 2.75) is 24.3 Å². The smallest absolute Gasteiger partial charge is 0.245 e. The van der Waals surface area contributed by atoms with Gasteiger partial charge in [0.25, 0.3) is 0 Å². The van der Waals surface area contributed by atoms with Crippen LogP contribution in [0, 0.1) is 12.7 Å². The fourth-order valence-electron chi connectivity index (χ4n) is 3.09. The summed E-state index contributed by atoms with van der Waals surface area (Å²) in [7, 11) is -1.25. The van der Waals surface area contributed by atoms with Crippen molar-refractivity contribution in [3.8, 4) is 11.5 Å². The number of anilines is 1. The molecule has 1 fully saturated rings. The Morgan fingerprint density at radius 1 is 1.14 bits per heavy atom. The minimum atomic E-state index is -4.03. The maximum Gasteiger partial charge on any atom is 0.245 e. The molecule has 0 saturated carbocycles. The summed E-state index contributed by atoms with van der Waals surface area (Å²) in [6.07, 6.45) is 0.292. The van der Waals surface area contributed by atoms with Crippen molar-refractivity contribution < 1.29 is 27.1 Å². The molecule has 28 heavy (non-hydrogen) atoms. The number of sulfonamides is 1. The Kier molecular flexibility index (Phi) is 5.57. The molecule has 0 spiro atoms. The van der Waals surface area contributed by atoms with E-state index < -0.39 is 22.0 Å². The van der Waals surface area contributed by atoms with Crippen molar-refractivity contribution in [3.63, 3.8) is 0 Å². The van der Waals surface area contributed by atoms with Crippen molar-refractivity contribution in [3.05, 3.63) is 47.8 Å². The first kappa shape index (κ1) is 20.1. The Morgan fingerprint density at radius 2 is 1.89 bits per heavy atom. The minimum absolute atomic E-state index is 0.113. The summed E-state index contributed by atoms with van der Waals surface area (Å²) < 4.78 is 51.9. The SMILES string of the molecule is COc1ccc(OC)c(S(=O)(=O)N[C@@H]2CCN(c3ccc(F)c(C)c3)C2=O)c1. The quantitative estimate of drug-likeness (QED) is 0.792. The summed E-state index contributed by atoms with van der Waals surface area (Å²) in [5, 5.41) is 0. The average Bonchev–Trinajstić information content (AvgIpc) is 3.03. The van der Waals surface area contributed by atoms with Crippen LogP contribution in [-0.2, 0) is 14.8 Å². The van der Waals surface area contributed by atoms with Gasteiger partial charge in [-0.3, -0.25) is 4.79 Å². The second kappa shape index (κ2) is 7.76. The molecule has 0 bridgehead atoms. The standard InChI is InChI=1S/C19H21FN2O5S/c1-12-10-13(4-6-15(12)20)22-9-8-16(19(22)23)21-28(24,25)18-11-14(26-2)5-7-17(18)27-3/h4-7,10-11,16,21H,8-9H2,1-3H3/t16-/m1/s1. The molecule has 1 amide bonds. The van der Waals surface area contributed by atoms with E-state index in [4.69, 9.17) is 9.47 Å². The second-order valence-corrected chi connectivity index (χ2v) is 8.09. The van der Waals surface area contributed by atoms with Gasteiger partial charge >= 0.3 is 0 Å². The number of amides is 1. The van der Waals surface area contributed by atoms with Crippen LogP contribution >= 0.6 is 0 Å². The zero-order chi connectivity index (χ0) is 20.5. The number of aryl methyl sites for hydroxylation is 1. The van der Waals surface area contributed by atoms with Gasteiger partial charge in [0.05, 0.1) is 14.2 Å².